The van der Waals surface area contributed by atoms with Gasteiger partial charge in [-0.25, -0.2) is 0 Å². The van der Waals surface area contributed by atoms with Gasteiger partial charge < -0.3 is 9.84 Å². The highest BCUT2D eigenvalue weighted by molar-refractivity contribution is 5.77. The summed E-state index contributed by atoms with van der Waals surface area (Å²) in [5.74, 6) is -0.868. The van der Waals surface area contributed by atoms with Gasteiger partial charge >= 0.3 is 5.97 Å². The van der Waals surface area contributed by atoms with E-state index in [4.69, 9.17) is 10.8 Å². The molecule has 7 nitrogen and oxygen atoms in total. The number of benzene rings is 1. The van der Waals surface area contributed by atoms with E-state index in [0.717, 1.165) is 7.11 Å². The molecule has 0 aliphatic carbocycles. The van der Waals surface area contributed by atoms with Crippen LogP contribution >= 0.6 is 0 Å². The number of nitriles is 1. The van der Waals surface area contributed by atoms with Gasteiger partial charge in [-0.15, -0.1) is 0 Å². The highest BCUT2D eigenvalue weighted by Crippen LogP contribution is 2.23. The largest absolute Gasteiger partial charge is 0.469 e. The van der Waals surface area contributed by atoms with E-state index < -0.39 is 18.1 Å². The number of aliphatic hydroxyl groups excluding tert-OH is 1. The van der Waals surface area contributed by atoms with Crippen molar-refractivity contribution in [1.29, 1.82) is 5.26 Å². The van der Waals surface area contributed by atoms with E-state index in [1.807, 2.05) is 6.07 Å². The molecule has 0 aliphatic heterocycles. The Bertz CT molecular complexity index is 531. The van der Waals surface area contributed by atoms with E-state index in [2.05, 4.69) is 14.8 Å². The summed E-state index contributed by atoms with van der Waals surface area (Å²) < 4.78 is 4.43. The van der Waals surface area contributed by atoms with Crippen molar-refractivity contribution in [3.63, 3.8) is 0 Å². The van der Waals surface area contributed by atoms with E-state index in [1.165, 1.54) is 12.1 Å². The topological polar surface area (TPSA) is 119 Å². The summed E-state index contributed by atoms with van der Waals surface area (Å²) in [5, 5.41) is 22.1. The van der Waals surface area contributed by atoms with Gasteiger partial charge in [-0.1, -0.05) is 23.3 Å². The van der Waals surface area contributed by atoms with Gasteiger partial charge in [0, 0.05) is 4.91 Å². The molecule has 0 aromatic heterocycles. The lowest BCUT2D eigenvalue weighted by Crippen LogP contribution is -2.27. The number of azide groups is 1. The Hall–Kier alpha value is -2.55. The number of hydrogen-bond donors (Lipinski definition) is 1. The van der Waals surface area contributed by atoms with Crippen LogP contribution in [0, 0.1) is 11.3 Å². The average Bonchev–Trinajstić information content (AvgIpc) is 2.43. The third kappa shape index (κ3) is 2.77. The summed E-state index contributed by atoms with van der Waals surface area (Å²) in [5.41, 5.74) is 8.79. The fraction of sp³-hybridized carbons (Fsp3) is 0.273. The highest BCUT2D eigenvalue weighted by atomic mass is 16.5. The van der Waals surface area contributed by atoms with Crippen LogP contribution < -0.4 is 0 Å². The number of carbonyl (C=O) groups excluding carboxylic acids is 1. The molecule has 7 heteroatoms. The molecule has 2 unspecified atom stereocenters. The third-order valence-electron chi connectivity index (χ3n) is 2.32. The van der Waals surface area contributed by atoms with Crippen molar-refractivity contribution in [1.82, 2.24) is 0 Å². The maximum atomic E-state index is 11.4. The number of carbonyl (C=O) groups is 1. The van der Waals surface area contributed by atoms with Crippen molar-refractivity contribution < 1.29 is 14.6 Å². The Morgan fingerprint density at radius 2 is 2.28 bits per heavy atom. The normalized spacial score (nSPS) is 12.7. The van der Waals surface area contributed by atoms with Crippen LogP contribution in [-0.2, 0) is 9.53 Å². The van der Waals surface area contributed by atoms with Crippen molar-refractivity contribution in [3.8, 4) is 6.07 Å². The molecule has 0 bridgehead atoms. The summed E-state index contributed by atoms with van der Waals surface area (Å²) in [6.07, 6.45) is -1.43. The van der Waals surface area contributed by atoms with Crippen LogP contribution in [0.15, 0.2) is 29.4 Å². The summed E-state index contributed by atoms with van der Waals surface area (Å²) in [7, 11) is 1.12. The minimum Gasteiger partial charge on any atom is -0.469 e. The first-order valence-electron chi connectivity index (χ1n) is 4.94. The van der Waals surface area contributed by atoms with Gasteiger partial charge in [-0.2, -0.15) is 5.26 Å². The molecule has 0 aliphatic rings. The Morgan fingerprint density at radius 3 is 2.83 bits per heavy atom. The molecule has 92 valence electrons. The molecule has 0 fully saturated rings. The Balaban J connectivity index is 3.18. The van der Waals surface area contributed by atoms with Crippen LogP contribution in [-0.4, -0.2) is 24.2 Å². The fourth-order valence-electron chi connectivity index (χ4n) is 1.44. The van der Waals surface area contributed by atoms with Crippen LogP contribution in [0.4, 0.5) is 0 Å². The number of hydrogen-bond acceptors (Lipinski definition) is 5. The first-order valence-corrected chi connectivity index (χ1v) is 4.94. The van der Waals surface area contributed by atoms with Crippen molar-refractivity contribution in [2.24, 2.45) is 5.11 Å². The Morgan fingerprint density at radius 1 is 1.61 bits per heavy atom. The second kappa shape index (κ2) is 6.25. The second-order valence-electron chi connectivity index (χ2n) is 3.32. The van der Waals surface area contributed by atoms with Crippen LogP contribution in [0.2, 0.25) is 0 Å². The minimum atomic E-state index is -1.43. The van der Waals surface area contributed by atoms with Gasteiger partial charge in [0.25, 0.3) is 0 Å². The summed E-state index contributed by atoms with van der Waals surface area (Å²) in [4.78, 5) is 13.9. The molecule has 1 rings (SSSR count). The molecule has 0 spiro atoms. The first-order chi connectivity index (χ1) is 8.65. The number of methoxy groups -OCH3 is 1. The maximum absolute atomic E-state index is 11.4. The average molecular weight is 246 g/mol. The molecule has 1 N–H and O–H groups in total. The SMILES string of the molecule is COC(=O)C(N=[N+]=[N-])C(O)c1ccccc1C#N. The molecule has 0 saturated carbocycles. The lowest BCUT2D eigenvalue weighted by Gasteiger charge is -2.17. The highest BCUT2D eigenvalue weighted by Gasteiger charge is 2.29. The van der Waals surface area contributed by atoms with E-state index >= 15 is 0 Å². The van der Waals surface area contributed by atoms with Crippen LogP contribution in [0.5, 0.6) is 0 Å². The summed E-state index contributed by atoms with van der Waals surface area (Å²) >= 11 is 0. The molecule has 0 heterocycles. The smallest absolute Gasteiger partial charge is 0.317 e. The molecule has 18 heavy (non-hydrogen) atoms. The zero-order chi connectivity index (χ0) is 13.5. The van der Waals surface area contributed by atoms with E-state index in [-0.39, 0.29) is 11.1 Å². The number of nitrogens with zero attached hydrogens (tertiary/aromatic N) is 4. The van der Waals surface area contributed by atoms with Crippen LogP contribution in [0.25, 0.3) is 10.4 Å². The van der Waals surface area contributed by atoms with Gasteiger partial charge in [-0.05, 0) is 17.2 Å². The van der Waals surface area contributed by atoms with Gasteiger partial charge in [0.1, 0.15) is 0 Å². The zero-order valence-electron chi connectivity index (χ0n) is 9.52. The van der Waals surface area contributed by atoms with Gasteiger partial charge in [0.2, 0.25) is 0 Å². The van der Waals surface area contributed by atoms with Crippen molar-refractivity contribution in [3.05, 3.63) is 45.8 Å². The van der Waals surface area contributed by atoms with Crippen LogP contribution in [0.1, 0.15) is 17.2 Å². The van der Waals surface area contributed by atoms with Gasteiger partial charge in [-0.3, -0.25) is 4.79 Å². The summed E-state index contributed by atoms with van der Waals surface area (Å²) in [6.45, 7) is 0. The molecule has 1 aromatic rings. The minimum absolute atomic E-state index is 0.201. The van der Waals surface area contributed by atoms with Crippen molar-refractivity contribution in [2.75, 3.05) is 7.11 Å². The maximum Gasteiger partial charge on any atom is 0.317 e. The first kappa shape index (κ1) is 13.5. The van der Waals surface area contributed by atoms with E-state index in [0.29, 0.717) is 0 Å². The van der Waals surface area contributed by atoms with E-state index in [1.54, 1.807) is 12.1 Å². The monoisotopic (exact) mass is 246 g/mol. The number of esters is 1. The van der Waals surface area contributed by atoms with Gasteiger partial charge in [0.05, 0.1) is 24.8 Å². The molecule has 0 radical (unpaired) electrons. The Labute approximate surface area is 103 Å². The standard InChI is InChI=1S/C11H10N4O3/c1-18-11(17)9(14-15-13)10(16)8-5-3-2-4-7(8)6-12/h2-5,9-10,16H,1H3. The summed E-state index contributed by atoms with van der Waals surface area (Å²) in [6, 6.07) is 6.65. The number of aliphatic hydroxyl groups is 1. The van der Waals surface area contributed by atoms with E-state index in [9.17, 15) is 9.90 Å². The quantitative estimate of drug-likeness (QED) is 0.374. The van der Waals surface area contributed by atoms with Crippen LogP contribution in [0.3, 0.4) is 0 Å². The predicted octanol–water partition coefficient (Wildman–Crippen LogP) is 1.44. The zero-order valence-corrected chi connectivity index (χ0v) is 9.52. The number of rotatable bonds is 4. The van der Waals surface area contributed by atoms with Gasteiger partial charge in [0.15, 0.2) is 6.04 Å². The predicted molar refractivity (Wildman–Crippen MR) is 61.1 cm³/mol. The molecule has 2 atom stereocenters. The second-order valence-corrected chi connectivity index (χ2v) is 3.32. The molecular weight excluding hydrogens is 236 g/mol. The molecular formula is C11H10N4O3. The fourth-order valence-corrected chi connectivity index (χ4v) is 1.44. The molecule has 0 saturated heterocycles. The lowest BCUT2D eigenvalue weighted by molar-refractivity contribution is -0.144. The molecule has 0 amide bonds. The third-order valence-corrected chi connectivity index (χ3v) is 2.32. The number of ether oxygens (including phenoxy) is 1. The lowest BCUT2D eigenvalue weighted by atomic mass is 9.98. The molecule has 1 aromatic carbocycles. The van der Waals surface area contributed by atoms with Crippen molar-refractivity contribution in [2.45, 2.75) is 12.1 Å². The Kier molecular flexibility index (Phi) is 4.69. The van der Waals surface area contributed by atoms with Crippen molar-refractivity contribution >= 4 is 5.97 Å².